The highest BCUT2D eigenvalue weighted by molar-refractivity contribution is 5.60. The SMILES string of the molecule is COc1cc(-c2noc(COc3cc(F)ccc3[N+](=O)[O-])n2)ccc1OC(F)F. The molecule has 0 atom stereocenters. The van der Waals surface area contributed by atoms with Gasteiger partial charge in [-0.2, -0.15) is 13.8 Å². The Morgan fingerprint density at radius 1 is 1.17 bits per heavy atom. The first-order chi connectivity index (χ1) is 13.9. The minimum Gasteiger partial charge on any atom is -0.493 e. The number of aromatic nitrogens is 2. The summed E-state index contributed by atoms with van der Waals surface area (Å²) in [5.74, 6) is -1.12. The van der Waals surface area contributed by atoms with Crippen LogP contribution in [0.4, 0.5) is 18.9 Å². The minimum atomic E-state index is -3.02. The molecule has 1 aromatic heterocycles. The normalized spacial score (nSPS) is 10.8. The molecule has 0 aliphatic heterocycles. The van der Waals surface area contributed by atoms with E-state index in [2.05, 4.69) is 14.9 Å². The summed E-state index contributed by atoms with van der Waals surface area (Å²) in [7, 11) is 1.28. The summed E-state index contributed by atoms with van der Waals surface area (Å²) in [6, 6.07) is 6.80. The van der Waals surface area contributed by atoms with E-state index >= 15 is 0 Å². The van der Waals surface area contributed by atoms with Crippen LogP contribution in [0.2, 0.25) is 0 Å². The fraction of sp³-hybridized carbons (Fsp3) is 0.176. The Morgan fingerprint density at radius 2 is 1.97 bits per heavy atom. The fourth-order valence-electron chi connectivity index (χ4n) is 2.32. The maximum atomic E-state index is 13.3. The van der Waals surface area contributed by atoms with Gasteiger partial charge in [0.25, 0.3) is 5.89 Å². The van der Waals surface area contributed by atoms with Crippen molar-refractivity contribution in [2.75, 3.05) is 7.11 Å². The summed E-state index contributed by atoms with van der Waals surface area (Å²) in [5.41, 5.74) is -0.0549. The molecular weight excluding hydrogens is 399 g/mol. The Bertz CT molecular complexity index is 1030. The van der Waals surface area contributed by atoms with E-state index in [1.54, 1.807) is 0 Å². The summed E-state index contributed by atoms with van der Waals surface area (Å²) in [6.07, 6.45) is 0. The molecule has 1 heterocycles. The highest BCUT2D eigenvalue weighted by Crippen LogP contribution is 2.33. The predicted octanol–water partition coefficient (Wildman–Crippen LogP) is 3.97. The zero-order chi connectivity index (χ0) is 21.0. The molecule has 0 N–H and O–H groups in total. The second-order valence-electron chi connectivity index (χ2n) is 5.41. The van der Waals surface area contributed by atoms with Gasteiger partial charge in [-0.3, -0.25) is 10.1 Å². The maximum Gasteiger partial charge on any atom is 0.387 e. The average molecular weight is 411 g/mol. The molecule has 0 unspecified atom stereocenters. The quantitative estimate of drug-likeness (QED) is 0.405. The van der Waals surface area contributed by atoms with Gasteiger partial charge in [0, 0.05) is 17.7 Å². The second kappa shape index (κ2) is 8.46. The molecule has 0 bridgehead atoms. The van der Waals surface area contributed by atoms with E-state index in [1.807, 2.05) is 0 Å². The molecular formula is C17H12F3N3O6. The molecule has 0 radical (unpaired) electrons. The number of hydrogen-bond donors (Lipinski definition) is 0. The zero-order valence-corrected chi connectivity index (χ0v) is 14.7. The molecule has 3 aromatic rings. The number of nitro benzene ring substituents is 1. The molecule has 0 amide bonds. The number of methoxy groups -OCH3 is 1. The van der Waals surface area contributed by atoms with E-state index in [0.29, 0.717) is 5.56 Å². The van der Waals surface area contributed by atoms with Crippen LogP contribution in [0.15, 0.2) is 40.9 Å². The topological polar surface area (TPSA) is 110 Å². The van der Waals surface area contributed by atoms with Gasteiger partial charge in [-0.15, -0.1) is 0 Å². The third kappa shape index (κ3) is 4.72. The molecule has 0 aliphatic carbocycles. The minimum absolute atomic E-state index is 0.0285. The van der Waals surface area contributed by atoms with Crippen LogP contribution in [0.5, 0.6) is 17.2 Å². The van der Waals surface area contributed by atoms with Gasteiger partial charge in [0.05, 0.1) is 12.0 Å². The molecule has 9 nitrogen and oxygen atoms in total. The summed E-state index contributed by atoms with van der Waals surface area (Å²) >= 11 is 0. The van der Waals surface area contributed by atoms with Crippen LogP contribution in [-0.4, -0.2) is 28.8 Å². The molecule has 0 saturated heterocycles. The van der Waals surface area contributed by atoms with Gasteiger partial charge in [-0.1, -0.05) is 5.16 Å². The number of hydrogen-bond acceptors (Lipinski definition) is 8. The van der Waals surface area contributed by atoms with Crippen LogP contribution in [-0.2, 0) is 6.61 Å². The number of alkyl halides is 2. The van der Waals surface area contributed by atoms with Crippen LogP contribution in [0.1, 0.15) is 5.89 Å². The lowest BCUT2D eigenvalue weighted by molar-refractivity contribution is -0.386. The van der Waals surface area contributed by atoms with Gasteiger partial charge in [-0.05, 0) is 24.3 Å². The molecule has 0 spiro atoms. The van der Waals surface area contributed by atoms with Crippen molar-refractivity contribution in [3.63, 3.8) is 0 Å². The van der Waals surface area contributed by atoms with Gasteiger partial charge in [-0.25, -0.2) is 4.39 Å². The number of halogens is 3. The number of rotatable bonds is 8. The molecule has 3 rings (SSSR count). The molecule has 0 fully saturated rings. The van der Waals surface area contributed by atoms with E-state index in [4.69, 9.17) is 14.0 Å². The second-order valence-corrected chi connectivity index (χ2v) is 5.41. The lowest BCUT2D eigenvalue weighted by Gasteiger charge is -2.10. The van der Waals surface area contributed by atoms with Crippen LogP contribution in [0.3, 0.4) is 0 Å². The van der Waals surface area contributed by atoms with Gasteiger partial charge >= 0.3 is 12.3 Å². The standard InChI is InChI=1S/C17H12F3N3O6/c1-26-14-6-9(2-5-12(14)28-17(19)20)16-21-15(29-22-16)8-27-13-7-10(18)3-4-11(13)23(24)25/h2-7,17H,8H2,1H3. The van der Waals surface area contributed by atoms with E-state index in [9.17, 15) is 23.3 Å². The van der Waals surface area contributed by atoms with Gasteiger partial charge < -0.3 is 18.7 Å². The molecule has 0 saturated carbocycles. The Hall–Kier alpha value is -3.83. The maximum absolute atomic E-state index is 13.3. The van der Waals surface area contributed by atoms with Gasteiger partial charge in [0.2, 0.25) is 11.6 Å². The summed E-state index contributed by atoms with van der Waals surface area (Å²) in [6.45, 7) is -3.38. The third-order valence-electron chi connectivity index (χ3n) is 3.58. The third-order valence-corrected chi connectivity index (χ3v) is 3.58. The Kier molecular flexibility index (Phi) is 5.81. The van der Waals surface area contributed by atoms with Crippen LogP contribution in [0, 0.1) is 15.9 Å². The summed E-state index contributed by atoms with van der Waals surface area (Å²) in [5, 5.41) is 14.7. The highest BCUT2D eigenvalue weighted by Gasteiger charge is 2.18. The van der Waals surface area contributed by atoms with Crippen molar-refractivity contribution in [3.05, 3.63) is 58.2 Å². The first-order valence-corrected chi connectivity index (χ1v) is 7.90. The van der Waals surface area contributed by atoms with Crippen molar-refractivity contribution in [1.82, 2.24) is 10.1 Å². The fourth-order valence-corrected chi connectivity index (χ4v) is 2.32. The first kappa shape index (κ1) is 19.9. The molecule has 2 aromatic carbocycles. The molecule has 152 valence electrons. The van der Waals surface area contributed by atoms with Crippen LogP contribution < -0.4 is 14.2 Å². The smallest absolute Gasteiger partial charge is 0.387 e. The van der Waals surface area contributed by atoms with E-state index < -0.39 is 23.0 Å². The predicted molar refractivity (Wildman–Crippen MR) is 90.3 cm³/mol. The Morgan fingerprint density at radius 3 is 2.66 bits per heavy atom. The number of nitro groups is 1. The molecule has 12 heteroatoms. The molecule has 29 heavy (non-hydrogen) atoms. The van der Waals surface area contributed by atoms with Crippen molar-refractivity contribution in [2.24, 2.45) is 0 Å². The first-order valence-electron chi connectivity index (χ1n) is 7.90. The van der Waals surface area contributed by atoms with Gasteiger partial charge in [0.1, 0.15) is 5.82 Å². The number of benzene rings is 2. The Balaban J connectivity index is 1.76. The lowest BCUT2D eigenvalue weighted by atomic mass is 10.2. The zero-order valence-electron chi connectivity index (χ0n) is 14.7. The monoisotopic (exact) mass is 411 g/mol. The van der Waals surface area contributed by atoms with Gasteiger partial charge in [0.15, 0.2) is 18.1 Å². The summed E-state index contributed by atoms with van der Waals surface area (Å²) < 4.78 is 57.7. The van der Waals surface area contributed by atoms with Crippen LogP contribution in [0.25, 0.3) is 11.4 Å². The van der Waals surface area contributed by atoms with Crippen molar-refractivity contribution in [2.45, 2.75) is 13.2 Å². The van der Waals surface area contributed by atoms with Crippen molar-refractivity contribution in [3.8, 4) is 28.6 Å². The number of ether oxygens (including phenoxy) is 3. The Labute approximate surface area is 160 Å². The lowest BCUT2D eigenvalue weighted by Crippen LogP contribution is -2.03. The van der Waals surface area contributed by atoms with Crippen molar-refractivity contribution in [1.29, 1.82) is 0 Å². The van der Waals surface area contributed by atoms with Crippen LogP contribution >= 0.6 is 0 Å². The van der Waals surface area contributed by atoms with E-state index in [-0.39, 0.29) is 35.6 Å². The number of nitrogens with zero attached hydrogens (tertiary/aromatic N) is 3. The molecule has 0 aliphatic rings. The average Bonchev–Trinajstić information content (AvgIpc) is 3.15. The van der Waals surface area contributed by atoms with Crippen molar-refractivity contribution < 1.29 is 36.8 Å². The van der Waals surface area contributed by atoms with E-state index in [0.717, 1.165) is 18.2 Å². The van der Waals surface area contributed by atoms with E-state index in [1.165, 1.54) is 25.3 Å². The summed E-state index contributed by atoms with van der Waals surface area (Å²) in [4.78, 5) is 14.3. The van der Waals surface area contributed by atoms with Crippen molar-refractivity contribution >= 4 is 5.69 Å². The largest absolute Gasteiger partial charge is 0.493 e. The highest BCUT2D eigenvalue weighted by atomic mass is 19.3.